The summed E-state index contributed by atoms with van der Waals surface area (Å²) in [4.78, 5) is 0. The lowest BCUT2D eigenvalue weighted by molar-refractivity contribution is 0.546. The van der Waals surface area contributed by atoms with Gasteiger partial charge in [-0.2, -0.15) is 0 Å². The van der Waals surface area contributed by atoms with E-state index in [9.17, 15) is 0 Å². The summed E-state index contributed by atoms with van der Waals surface area (Å²) in [5.74, 6) is 1.32. The van der Waals surface area contributed by atoms with Gasteiger partial charge in [0.05, 0.1) is 0 Å². The second kappa shape index (κ2) is 7.61. The van der Waals surface area contributed by atoms with Crippen LogP contribution in [0.15, 0.2) is 37.0 Å². The quantitative estimate of drug-likeness (QED) is 0.403. The summed E-state index contributed by atoms with van der Waals surface area (Å²) in [6.07, 6.45) is 9.92. The van der Waals surface area contributed by atoms with Crippen LogP contribution in [0.3, 0.4) is 0 Å². The largest absolute Gasteiger partial charge is 0.103 e. The molecule has 0 bridgehead atoms. The van der Waals surface area contributed by atoms with Crippen molar-refractivity contribution >= 4 is 0 Å². The Balaban J connectivity index is 3.70. The fraction of sp³-hybridized carbons (Fsp3) is 0.571. The molecular formula is C14H24. The van der Waals surface area contributed by atoms with E-state index >= 15 is 0 Å². The van der Waals surface area contributed by atoms with Crippen LogP contribution in [0.4, 0.5) is 0 Å². The van der Waals surface area contributed by atoms with Crippen LogP contribution in [-0.4, -0.2) is 0 Å². The molecule has 0 rings (SSSR count). The van der Waals surface area contributed by atoms with Gasteiger partial charge in [-0.05, 0) is 31.1 Å². The van der Waals surface area contributed by atoms with Crippen LogP contribution in [0.2, 0.25) is 0 Å². The third-order valence-corrected chi connectivity index (χ3v) is 2.48. The van der Waals surface area contributed by atoms with Gasteiger partial charge in [0.1, 0.15) is 0 Å². The number of rotatable bonds is 7. The van der Waals surface area contributed by atoms with Crippen molar-refractivity contribution in [3.63, 3.8) is 0 Å². The second-order valence-electron chi connectivity index (χ2n) is 4.34. The van der Waals surface area contributed by atoms with Crippen LogP contribution in [0, 0.1) is 11.8 Å². The summed E-state index contributed by atoms with van der Waals surface area (Å²) in [5, 5.41) is 0. The number of hydrogen-bond acceptors (Lipinski definition) is 0. The lowest BCUT2D eigenvalue weighted by atomic mass is 9.99. The summed E-state index contributed by atoms with van der Waals surface area (Å²) >= 11 is 0. The highest BCUT2D eigenvalue weighted by atomic mass is 14.0. The molecule has 0 heteroatoms. The van der Waals surface area contributed by atoms with E-state index in [0.717, 1.165) is 18.8 Å². The van der Waals surface area contributed by atoms with E-state index in [-0.39, 0.29) is 0 Å². The van der Waals surface area contributed by atoms with Gasteiger partial charge < -0.3 is 0 Å². The lowest BCUT2D eigenvalue weighted by Crippen LogP contribution is -1.92. The van der Waals surface area contributed by atoms with Crippen molar-refractivity contribution in [1.29, 1.82) is 0 Å². The van der Waals surface area contributed by atoms with Crippen molar-refractivity contribution in [2.75, 3.05) is 0 Å². The highest BCUT2D eigenvalue weighted by molar-refractivity contribution is 5.16. The standard InChI is InChI=1S/C14H24/c1-6-7-9-13(4)10-8-11-14(5)12(2)3/h6,8,11-13H,1,5,7,9-10H2,2-4H3/b11-8-. The third kappa shape index (κ3) is 6.71. The summed E-state index contributed by atoms with van der Waals surface area (Å²) in [6, 6.07) is 0. The van der Waals surface area contributed by atoms with E-state index in [0.29, 0.717) is 5.92 Å². The molecule has 0 heterocycles. The van der Waals surface area contributed by atoms with Gasteiger partial charge in [-0.15, -0.1) is 6.58 Å². The Morgan fingerprint density at radius 3 is 2.43 bits per heavy atom. The first kappa shape index (κ1) is 13.2. The van der Waals surface area contributed by atoms with Crippen molar-refractivity contribution in [3.05, 3.63) is 37.0 Å². The molecule has 0 aromatic carbocycles. The van der Waals surface area contributed by atoms with Crippen LogP contribution < -0.4 is 0 Å². The molecule has 0 fully saturated rings. The van der Waals surface area contributed by atoms with Gasteiger partial charge in [-0.25, -0.2) is 0 Å². The number of hydrogen-bond donors (Lipinski definition) is 0. The highest BCUT2D eigenvalue weighted by Crippen LogP contribution is 2.13. The van der Waals surface area contributed by atoms with Gasteiger partial charge >= 0.3 is 0 Å². The zero-order valence-electron chi connectivity index (χ0n) is 9.92. The van der Waals surface area contributed by atoms with Gasteiger partial charge in [-0.3, -0.25) is 0 Å². The molecular weight excluding hydrogens is 168 g/mol. The zero-order chi connectivity index (χ0) is 11.0. The summed E-state index contributed by atoms with van der Waals surface area (Å²) in [5.41, 5.74) is 1.22. The van der Waals surface area contributed by atoms with Crippen LogP contribution in [0.25, 0.3) is 0 Å². The first-order chi connectivity index (χ1) is 6.57. The van der Waals surface area contributed by atoms with Gasteiger partial charge in [-0.1, -0.05) is 51.2 Å². The van der Waals surface area contributed by atoms with Crippen LogP contribution in [0.5, 0.6) is 0 Å². The predicted molar refractivity (Wildman–Crippen MR) is 66.3 cm³/mol. The topological polar surface area (TPSA) is 0 Å². The van der Waals surface area contributed by atoms with Gasteiger partial charge in [0.2, 0.25) is 0 Å². The van der Waals surface area contributed by atoms with Crippen LogP contribution in [-0.2, 0) is 0 Å². The summed E-state index contributed by atoms with van der Waals surface area (Å²) < 4.78 is 0. The maximum Gasteiger partial charge on any atom is -0.0225 e. The molecule has 1 atom stereocenters. The number of allylic oxidation sites excluding steroid dienone is 4. The molecule has 0 saturated carbocycles. The van der Waals surface area contributed by atoms with Crippen molar-refractivity contribution in [3.8, 4) is 0 Å². The molecule has 0 aliphatic heterocycles. The second-order valence-corrected chi connectivity index (χ2v) is 4.34. The Morgan fingerprint density at radius 1 is 1.29 bits per heavy atom. The molecule has 0 amide bonds. The molecule has 0 N–H and O–H groups in total. The minimum atomic E-state index is 0.565. The Kier molecular flexibility index (Phi) is 7.18. The fourth-order valence-corrected chi connectivity index (χ4v) is 1.16. The molecule has 0 aromatic rings. The minimum Gasteiger partial charge on any atom is -0.103 e. The van der Waals surface area contributed by atoms with Gasteiger partial charge in [0, 0.05) is 0 Å². The minimum absolute atomic E-state index is 0.565. The monoisotopic (exact) mass is 192 g/mol. The summed E-state index contributed by atoms with van der Waals surface area (Å²) in [7, 11) is 0. The maximum atomic E-state index is 4.01. The lowest BCUT2D eigenvalue weighted by Gasteiger charge is -2.07. The van der Waals surface area contributed by atoms with E-state index in [1.165, 1.54) is 12.0 Å². The average molecular weight is 192 g/mol. The molecule has 0 radical (unpaired) electrons. The smallest absolute Gasteiger partial charge is 0.0225 e. The predicted octanol–water partition coefficient (Wildman–Crippen LogP) is 4.75. The molecule has 0 aliphatic rings. The van der Waals surface area contributed by atoms with Gasteiger partial charge in [0.15, 0.2) is 0 Å². The Labute approximate surface area is 89.4 Å². The molecule has 0 aliphatic carbocycles. The normalized spacial score (nSPS) is 13.4. The molecule has 80 valence electrons. The van der Waals surface area contributed by atoms with Crippen molar-refractivity contribution in [2.24, 2.45) is 11.8 Å². The SMILES string of the molecule is C=CCCC(C)C/C=C\C(=C)C(C)C. The first-order valence-corrected chi connectivity index (χ1v) is 5.54. The Hall–Kier alpha value is -0.780. The van der Waals surface area contributed by atoms with Crippen LogP contribution >= 0.6 is 0 Å². The molecule has 14 heavy (non-hydrogen) atoms. The molecule has 1 unspecified atom stereocenters. The zero-order valence-corrected chi connectivity index (χ0v) is 9.92. The molecule has 0 spiro atoms. The summed E-state index contributed by atoms with van der Waals surface area (Å²) in [6.45, 7) is 14.4. The van der Waals surface area contributed by atoms with E-state index in [1.807, 2.05) is 6.08 Å². The van der Waals surface area contributed by atoms with Crippen molar-refractivity contribution in [2.45, 2.75) is 40.0 Å². The third-order valence-electron chi connectivity index (χ3n) is 2.48. The highest BCUT2D eigenvalue weighted by Gasteiger charge is 1.98. The molecule has 0 saturated heterocycles. The molecule has 0 nitrogen and oxygen atoms in total. The molecule has 0 aromatic heterocycles. The Bertz CT molecular complexity index is 196. The van der Waals surface area contributed by atoms with Crippen molar-refractivity contribution < 1.29 is 0 Å². The average Bonchev–Trinajstić information content (AvgIpc) is 2.14. The first-order valence-electron chi connectivity index (χ1n) is 5.54. The van der Waals surface area contributed by atoms with E-state index in [2.05, 4.69) is 46.1 Å². The van der Waals surface area contributed by atoms with E-state index < -0.39 is 0 Å². The van der Waals surface area contributed by atoms with Gasteiger partial charge in [0.25, 0.3) is 0 Å². The van der Waals surface area contributed by atoms with E-state index in [4.69, 9.17) is 0 Å². The van der Waals surface area contributed by atoms with Crippen molar-refractivity contribution in [1.82, 2.24) is 0 Å². The van der Waals surface area contributed by atoms with Crippen LogP contribution in [0.1, 0.15) is 40.0 Å². The fourth-order valence-electron chi connectivity index (χ4n) is 1.16. The maximum absolute atomic E-state index is 4.01. The Morgan fingerprint density at radius 2 is 1.93 bits per heavy atom. The van der Waals surface area contributed by atoms with E-state index in [1.54, 1.807) is 0 Å².